The Hall–Kier alpha value is -3.12. The van der Waals surface area contributed by atoms with Crippen LogP contribution in [-0.4, -0.2) is 18.4 Å². The summed E-state index contributed by atoms with van der Waals surface area (Å²) in [5.41, 5.74) is 4.71. The van der Waals surface area contributed by atoms with Gasteiger partial charge in [0.2, 0.25) is 5.91 Å². The molecule has 0 radical (unpaired) electrons. The molecule has 0 aromatic heterocycles. The number of aryl methyl sites for hydroxylation is 1. The normalized spacial score (nSPS) is 10.3. The van der Waals surface area contributed by atoms with E-state index in [1.165, 1.54) is 0 Å². The van der Waals surface area contributed by atoms with Crippen molar-refractivity contribution in [1.29, 1.82) is 0 Å². The van der Waals surface area contributed by atoms with Crippen LogP contribution in [0.1, 0.15) is 21.5 Å². The number of nitrogens with one attached hydrogen (secondary N) is 3. The average Bonchev–Trinajstić information content (AvgIpc) is 2.71. The quantitative estimate of drug-likeness (QED) is 0.471. The minimum absolute atomic E-state index is 0.117. The van der Waals surface area contributed by atoms with E-state index < -0.39 is 0 Å². The van der Waals surface area contributed by atoms with Gasteiger partial charge in [0.1, 0.15) is 0 Å². The van der Waals surface area contributed by atoms with Crippen molar-refractivity contribution in [3.05, 3.63) is 87.9 Å². The van der Waals surface area contributed by atoms with Crippen LogP contribution in [0.5, 0.6) is 0 Å². The molecule has 3 aromatic rings. The number of anilines is 3. The van der Waals surface area contributed by atoms with Gasteiger partial charge >= 0.3 is 0 Å². The molecule has 3 N–H and O–H groups in total. The second kappa shape index (κ2) is 9.39. The standard InChI is InChI=1S/C23H22BrN3O2/c1-15-13-18(24)11-12-19(15)26-22(28)14-25-20-9-6-10-21(16(20)2)27-23(29)17-7-4-3-5-8-17/h3-13,25H,14H2,1-2H3,(H,26,28)(H,27,29). The SMILES string of the molecule is Cc1cc(Br)ccc1NC(=O)CNc1cccc(NC(=O)c2ccccc2)c1C. The number of carbonyl (C=O) groups excluding carboxylic acids is 2. The van der Waals surface area contributed by atoms with Crippen molar-refractivity contribution >= 4 is 44.8 Å². The van der Waals surface area contributed by atoms with E-state index >= 15 is 0 Å². The van der Waals surface area contributed by atoms with Gasteiger partial charge in [-0.2, -0.15) is 0 Å². The second-order valence-corrected chi connectivity index (χ2v) is 7.57. The topological polar surface area (TPSA) is 70.2 Å². The van der Waals surface area contributed by atoms with Crippen molar-refractivity contribution in [3.63, 3.8) is 0 Å². The number of benzene rings is 3. The van der Waals surface area contributed by atoms with Gasteiger partial charge in [-0.15, -0.1) is 0 Å². The average molecular weight is 452 g/mol. The highest BCUT2D eigenvalue weighted by Gasteiger charge is 2.11. The molecule has 0 aliphatic carbocycles. The molecular formula is C23H22BrN3O2. The molecule has 0 fully saturated rings. The minimum Gasteiger partial charge on any atom is -0.376 e. The third kappa shape index (κ3) is 5.45. The highest BCUT2D eigenvalue weighted by molar-refractivity contribution is 9.10. The predicted molar refractivity (Wildman–Crippen MR) is 122 cm³/mol. The zero-order valence-electron chi connectivity index (χ0n) is 16.3. The summed E-state index contributed by atoms with van der Waals surface area (Å²) < 4.78 is 0.969. The van der Waals surface area contributed by atoms with Gasteiger partial charge in [0.25, 0.3) is 5.91 Å². The predicted octanol–water partition coefficient (Wildman–Crippen LogP) is 5.37. The molecule has 0 heterocycles. The van der Waals surface area contributed by atoms with Crippen LogP contribution in [0.15, 0.2) is 71.2 Å². The summed E-state index contributed by atoms with van der Waals surface area (Å²) in [7, 11) is 0. The highest BCUT2D eigenvalue weighted by atomic mass is 79.9. The summed E-state index contributed by atoms with van der Waals surface area (Å²) in [6.07, 6.45) is 0. The van der Waals surface area contributed by atoms with Crippen LogP contribution in [0, 0.1) is 13.8 Å². The molecule has 0 unspecified atom stereocenters. The lowest BCUT2D eigenvalue weighted by Crippen LogP contribution is -2.22. The van der Waals surface area contributed by atoms with Gasteiger partial charge < -0.3 is 16.0 Å². The largest absolute Gasteiger partial charge is 0.376 e. The Morgan fingerprint density at radius 2 is 1.55 bits per heavy atom. The van der Waals surface area contributed by atoms with E-state index in [1.807, 2.05) is 68.4 Å². The molecular weight excluding hydrogens is 430 g/mol. The molecule has 3 rings (SSSR count). The number of hydrogen-bond acceptors (Lipinski definition) is 3. The van der Waals surface area contributed by atoms with Crippen molar-refractivity contribution in [2.75, 3.05) is 22.5 Å². The Kier molecular flexibility index (Phi) is 6.67. The van der Waals surface area contributed by atoms with Crippen molar-refractivity contribution in [3.8, 4) is 0 Å². The maximum absolute atomic E-state index is 12.4. The van der Waals surface area contributed by atoms with Gasteiger partial charge in [0, 0.05) is 27.1 Å². The van der Waals surface area contributed by atoms with Gasteiger partial charge in [0.15, 0.2) is 0 Å². The second-order valence-electron chi connectivity index (χ2n) is 6.66. The summed E-state index contributed by atoms with van der Waals surface area (Å²) in [6.45, 7) is 3.96. The molecule has 0 saturated carbocycles. The number of halogens is 1. The lowest BCUT2D eigenvalue weighted by atomic mass is 10.1. The molecule has 6 heteroatoms. The molecule has 0 aliphatic rings. The monoisotopic (exact) mass is 451 g/mol. The first-order valence-corrected chi connectivity index (χ1v) is 9.99. The first-order valence-electron chi connectivity index (χ1n) is 9.20. The Morgan fingerprint density at radius 1 is 0.828 bits per heavy atom. The molecule has 0 saturated heterocycles. The zero-order valence-corrected chi connectivity index (χ0v) is 17.8. The highest BCUT2D eigenvalue weighted by Crippen LogP contribution is 2.24. The van der Waals surface area contributed by atoms with Gasteiger partial charge in [-0.1, -0.05) is 40.2 Å². The number of hydrogen-bond donors (Lipinski definition) is 3. The molecule has 29 heavy (non-hydrogen) atoms. The van der Waals surface area contributed by atoms with Gasteiger partial charge in [-0.05, 0) is 67.4 Å². The Morgan fingerprint density at radius 3 is 2.28 bits per heavy atom. The van der Waals surface area contributed by atoms with E-state index in [9.17, 15) is 9.59 Å². The fraction of sp³-hybridized carbons (Fsp3) is 0.130. The maximum Gasteiger partial charge on any atom is 0.255 e. The molecule has 2 amide bonds. The summed E-state index contributed by atoms with van der Waals surface area (Å²) in [4.78, 5) is 24.7. The Balaban J connectivity index is 1.63. The van der Waals surface area contributed by atoms with Crippen LogP contribution in [0.2, 0.25) is 0 Å². The summed E-state index contributed by atoms with van der Waals surface area (Å²) in [6, 6.07) is 20.3. The van der Waals surface area contributed by atoms with Crippen LogP contribution in [0.4, 0.5) is 17.1 Å². The van der Waals surface area contributed by atoms with E-state index in [1.54, 1.807) is 12.1 Å². The maximum atomic E-state index is 12.4. The summed E-state index contributed by atoms with van der Waals surface area (Å²) in [5.74, 6) is -0.317. The van der Waals surface area contributed by atoms with Crippen LogP contribution in [0.3, 0.4) is 0 Å². The van der Waals surface area contributed by atoms with Crippen molar-refractivity contribution < 1.29 is 9.59 Å². The Labute approximate surface area is 178 Å². The molecule has 0 spiro atoms. The Bertz CT molecular complexity index is 1040. The smallest absolute Gasteiger partial charge is 0.255 e. The third-order valence-electron chi connectivity index (χ3n) is 4.52. The van der Waals surface area contributed by atoms with Crippen LogP contribution in [-0.2, 0) is 4.79 Å². The van der Waals surface area contributed by atoms with E-state index in [0.717, 1.165) is 27.0 Å². The lowest BCUT2D eigenvalue weighted by molar-refractivity contribution is -0.114. The third-order valence-corrected chi connectivity index (χ3v) is 5.01. The first-order chi connectivity index (χ1) is 13.9. The fourth-order valence-electron chi connectivity index (χ4n) is 2.88. The summed E-state index contributed by atoms with van der Waals surface area (Å²) >= 11 is 3.42. The molecule has 3 aromatic carbocycles. The van der Waals surface area contributed by atoms with Crippen LogP contribution < -0.4 is 16.0 Å². The van der Waals surface area contributed by atoms with Gasteiger partial charge in [-0.25, -0.2) is 0 Å². The fourth-order valence-corrected chi connectivity index (χ4v) is 3.36. The number of rotatable bonds is 6. The number of amides is 2. The van der Waals surface area contributed by atoms with Gasteiger partial charge in [-0.3, -0.25) is 9.59 Å². The van der Waals surface area contributed by atoms with Crippen LogP contribution in [0.25, 0.3) is 0 Å². The van der Waals surface area contributed by atoms with E-state index in [4.69, 9.17) is 0 Å². The van der Waals surface area contributed by atoms with E-state index in [-0.39, 0.29) is 18.4 Å². The van der Waals surface area contributed by atoms with Crippen molar-refractivity contribution in [2.45, 2.75) is 13.8 Å². The zero-order chi connectivity index (χ0) is 20.8. The molecule has 0 atom stereocenters. The van der Waals surface area contributed by atoms with Crippen LogP contribution >= 0.6 is 15.9 Å². The van der Waals surface area contributed by atoms with Crippen molar-refractivity contribution in [1.82, 2.24) is 0 Å². The van der Waals surface area contributed by atoms with Gasteiger partial charge in [0.05, 0.1) is 6.54 Å². The summed E-state index contributed by atoms with van der Waals surface area (Å²) in [5, 5.41) is 8.97. The molecule has 5 nitrogen and oxygen atoms in total. The lowest BCUT2D eigenvalue weighted by Gasteiger charge is -2.15. The van der Waals surface area contributed by atoms with Crippen molar-refractivity contribution in [2.24, 2.45) is 0 Å². The minimum atomic E-state index is -0.172. The molecule has 148 valence electrons. The van der Waals surface area contributed by atoms with E-state index in [2.05, 4.69) is 31.9 Å². The van der Waals surface area contributed by atoms with E-state index in [0.29, 0.717) is 11.3 Å². The first kappa shape index (κ1) is 20.6. The molecule has 0 aliphatic heterocycles. The molecule has 0 bridgehead atoms. The number of carbonyl (C=O) groups is 2.